The highest BCUT2D eigenvalue weighted by atomic mass is 35.5. The van der Waals surface area contributed by atoms with E-state index >= 15 is 0 Å². The summed E-state index contributed by atoms with van der Waals surface area (Å²) < 4.78 is 27.4. The molecule has 0 atom stereocenters. The van der Waals surface area contributed by atoms with Crippen LogP contribution in [0.5, 0.6) is 0 Å². The summed E-state index contributed by atoms with van der Waals surface area (Å²) in [5.74, 6) is 0. The van der Waals surface area contributed by atoms with Crippen LogP contribution in [0.3, 0.4) is 0 Å². The molecule has 1 fully saturated rings. The Bertz CT molecular complexity index is 894. The van der Waals surface area contributed by atoms with Gasteiger partial charge in [-0.05, 0) is 61.7 Å². The fourth-order valence-electron chi connectivity index (χ4n) is 2.24. The molecule has 0 aromatic heterocycles. The number of anilines is 2. The summed E-state index contributed by atoms with van der Waals surface area (Å²) in [5.41, 5.74) is 1.84. The van der Waals surface area contributed by atoms with Crippen LogP contribution < -0.4 is 15.4 Å². The van der Waals surface area contributed by atoms with Crippen molar-refractivity contribution < 1.29 is 13.2 Å². The molecule has 1 aliphatic carbocycles. The second-order valence-corrected chi connectivity index (χ2v) is 8.05. The molecule has 2 aromatic carbocycles. The van der Waals surface area contributed by atoms with Gasteiger partial charge >= 0.3 is 6.03 Å². The van der Waals surface area contributed by atoms with Gasteiger partial charge in [0.2, 0.25) is 0 Å². The van der Waals surface area contributed by atoms with E-state index in [9.17, 15) is 13.2 Å². The van der Waals surface area contributed by atoms with Gasteiger partial charge in [-0.15, -0.1) is 0 Å². The first-order valence-electron chi connectivity index (χ1n) is 7.80. The number of carbonyl (C=O) groups excluding carboxylic acids is 1. The van der Waals surface area contributed by atoms with E-state index in [2.05, 4.69) is 15.4 Å². The lowest BCUT2D eigenvalue weighted by Gasteiger charge is -2.11. The molecule has 3 rings (SSSR count). The molecule has 0 radical (unpaired) electrons. The lowest BCUT2D eigenvalue weighted by molar-refractivity contribution is 0.251. The van der Waals surface area contributed by atoms with E-state index in [-0.39, 0.29) is 22.0 Å². The molecule has 0 spiro atoms. The van der Waals surface area contributed by atoms with Crippen LogP contribution in [0, 0.1) is 6.92 Å². The van der Waals surface area contributed by atoms with Crippen LogP contribution in [-0.2, 0) is 10.0 Å². The highest BCUT2D eigenvalue weighted by Gasteiger charge is 2.23. The third kappa shape index (κ3) is 4.64. The van der Waals surface area contributed by atoms with E-state index in [0.29, 0.717) is 11.4 Å². The maximum absolute atomic E-state index is 12.4. The van der Waals surface area contributed by atoms with Gasteiger partial charge in [0.1, 0.15) is 4.90 Å². The maximum Gasteiger partial charge on any atom is 0.319 e. The van der Waals surface area contributed by atoms with Gasteiger partial charge in [-0.1, -0.05) is 17.7 Å². The number of hydrogen-bond donors (Lipinski definition) is 3. The number of hydrogen-bond acceptors (Lipinski definition) is 3. The molecule has 2 aromatic rings. The number of rotatable bonds is 5. The highest BCUT2D eigenvalue weighted by Crippen LogP contribution is 2.25. The topological polar surface area (TPSA) is 87.3 Å². The van der Waals surface area contributed by atoms with Gasteiger partial charge in [0, 0.05) is 17.4 Å². The molecule has 0 saturated heterocycles. The second kappa shape index (κ2) is 6.93. The van der Waals surface area contributed by atoms with Crippen LogP contribution in [0.1, 0.15) is 18.4 Å². The number of nitrogens with one attached hydrogen (secondary N) is 3. The summed E-state index contributed by atoms with van der Waals surface area (Å²) in [4.78, 5) is 11.7. The zero-order valence-electron chi connectivity index (χ0n) is 13.5. The molecule has 0 unspecified atom stereocenters. The summed E-state index contributed by atoms with van der Waals surface area (Å²) in [6.07, 6.45) is 2.02. The Labute approximate surface area is 151 Å². The average molecular weight is 380 g/mol. The van der Waals surface area contributed by atoms with Gasteiger partial charge in [0.15, 0.2) is 0 Å². The Hall–Kier alpha value is -2.25. The van der Waals surface area contributed by atoms with E-state index < -0.39 is 10.0 Å². The fourth-order valence-corrected chi connectivity index (χ4v) is 3.89. The molecule has 6 nitrogen and oxygen atoms in total. The number of sulfonamides is 1. The average Bonchev–Trinajstić information content (AvgIpc) is 3.32. The van der Waals surface area contributed by atoms with E-state index in [1.54, 1.807) is 36.4 Å². The van der Waals surface area contributed by atoms with Gasteiger partial charge in [-0.2, -0.15) is 0 Å². The maximum atomic E-state index is 12.4. The van der Waals surface area contributed by atoms with Gasteiger partial charge in [0.25, 0.3) is 10.0 Å². The van der Waals surface area contributed by atoms with Gasteiger partial charge < -0.3 is 10.6 Å². The molecular weight excluding hydrogens is 362 g/mol. The number of halogens is 1. The van der Waals surface area contributed by atoms with Gasteiger partial charge in [0.05, 0.1) is 5.02 Å². The largest absolute Gasteiger partial charge is 0.335 e. The first-order valence-corrected chi connectivity index (χ1v) is 9.66. The number of urea groups is 1. The second-order valence-electron chi connectivity index (χ2n) is 5.99. The number of carbonyl (C=O) groups is 1. The molecule has 0 bridgehead atoms. The lowest BCUT2D eigenvalue weighted by Crippen LogP contribution is -2.30. The van der Waals surface area contributed by atoms with Crippen LogP contribution in [0.25, 0.3) is 0 Å². The van der Waals surface area contributed by atoms with Crippen LogP contribution in [0.4, 0.5) is 16.2 Å². The molecular formula is C17H18ClN3O3S. The molecule has 132 valence electrons. The predicted molar refractivity (Wildman–Crippen MR) is 98.6 cm³/mol. The Morgan fingerprint density at radius 2 is 1.72 bits per heavy atom. The lowest BCUT2D eigenvalue weighted by atomic mass is 10.2. The molecule has 0 heterocycles. The first-order chi connectivity index (χ1) is 11.8. The molecule has 2 amide bonds. The predicted octanol–water partition coefficient (Wildman–Crippen LogP) is 3.73. The smallest absolute Gasteiger partial charge is 0.319 e. The van der Waals surface area contributed by atoms with Crippen molar-refractivity contribution in [2.24, 2.45) is 0 Å². The van der Waals surface area contributed by atoms with Gasteiger partial charge in [-0.25, -0.2) is 13.2 Å². The summed E-state index contributed by atoms with van der Waals surface area (Å²) in [6, 6.07) is 11.2. The zero-order chi connectivity index (χ0) is 18.0. The minimum absolute atomic E-state index is 0.0192. The molecule has 3 N–H and O–H groups in total. The quantitative estimate of drug-likeness (QED) is 0.739. The molecule has 1 saturated carbocycles. The van der Waals surface area contributed by atoms with Crippen molar-refractivity contribution in [2.45, 2.75) is 30.7 Å². The van der Waals surface area contributed by atoms with Crippen LogP contribution in [0.2, 0.25) is 5.02 Å². The molecule has 25 heavy (non-hydrogen) atoms. The van der Waals surface area contributed by atoms with E-state index in [0.717, 1.165) is 18.4 Å². The monoisotopic (exact) mass is 379 g/mol. The van der Waals surface area contributed by atoms with Crippen molar-refractivity contribution >= 4 is 39.0 Å². The Morgan fingerprint density at radius 3 is 2.32 bits per heavy atom. The Balaban J connectivity index is 1.68. The van der Waals surface area contributed by atoms with E-state index in [1.807, 2.05) is 6.92 Å². The van der Waals surface area contributed by atoms with Crippen LogP contribution >= 0.6 is 11.6 Å². The SMILES string of the molecule is Cc1ccc(S(=O)(=O)Nc2ccc(NC(=O)NC3CC3)cc2)c(Cl)c1. The number of aryl methyl sites for hydroxylation is 1. The normalized spacial score (nSPS) is 14.0. The highest BCUT2D eigenvalue weighted by molar-refractivity contribution is 7.92. The Morgan fingerprint density at radius 1 is 1.08 bits per heavy atom. The van der Waals surface area contributed by atoms with E-state index in [1.165, 1.54) is 6.07 Å². The number of benzene rings is 2. The summed E-state index contributed by atoms with van der Waals surface area (Å²) >= 11 is 6.04. The molecule has 1 aliphatic rings. The van der Waals surface area contributed by atoms with Crippen LogP contribution in [-0.4, -0.2) is 20.5 Å². The summed E-state index contributed by atoms with van der Waals surface area (Å²) in [7, 11) is -3.79. The van der Waals surface area contributed by atoms with Crippen molar-refractivity contribution in [3.8, 4) is 0 Å². The first kappa shape index (κ1) is 17.6. The van der Waals surface area contributed by atoms with Crippen LogP contribution in [0.15, 0.2) is 47.4 Å². The third-order valence-electron chi connectivity index (χ3n) is 3.68. The van der Waals surface area contributed by atoms with Crippen molar-refractivity contribution in [1.82, 2.24) is 5.32 Å². The van der Waals surface area contributed by atoms with Gasteiger partial charge in [-0.3, -0.25) is 4.72 Å². The summed E-state index contributed by atoms with van der Waals surface area (Å²) in [6.45, 7) is 1.83. The zero-order valence-corrected chi connectivity index (χ0v) is 15.1. The third-order valence-corrected chi connectivity index (χ3v) is 5.55. The standard InChI is InChI=1S/C17H18ClN3O3S/c1-11-2-9-16(15(18)10-11)25(23,24)21-14-7-5-13(6-8-14)20-17(22)19-12-3-4-12/h2,5-10,12,21H,3-4H2,1H3,(H2,19,20,22). The summed E-state index contributed by atoms with van der Waals surface area (Å²) in [5, 5.41) is 5.68. The van der Waals surface area contributed by atoms with E-state index in [4.69, 9.17) is 11.6 Å². The number of amides is 2. The minimum Gasteiger partial charge on any atom is -0.335 e. The molecule has 0 aliphatic heterocycles. The molecule has 8 heteroatoms. The van der Waals surface area contributed by atoms with Crippen molar-refractivity contribution in [1.29, 1.82) is 0 Å². The Kier molecular flexibility index (Phi) is 4.87. The van der Waals surface area contributed by atoms with Crippen molar-refractivity contribution in [3.05, 3.63) is 53.1 Å². The van der Waals surface area contributed by atoms with Crippen molar-refractivity contribution in [2.75, 3.05) is 10.0 Å². The minimum atomic E-state index is -3.79. The van der Waals surface area contributed by atoms with Crippen molar-refractivity contribution in [3.63, 3.8) is 0 Å². The fraction of sp³-hybridized carbons (Fsp3) is 0.235.